The molecule has 1 aliphatic heterocycles. The Bertz CT molecular complexity index is 565. The molecule has 0 saturated carbocycles. The predicted octanol–water partition coefficient (Wildman–Crippen LogP) is 3.28. The number of para-hydroxylation sites is 1. The molecule has 1 saturated heterocycles. The van der Waals surface area contributed by atoms with Crippen LogP contribution in [0.15, 0.2) is 30.5 Å². The van der Waals surface area contributed by atoms with Gasteiger partial charge in [0.1, 0.15) is 0 Å². The second kappa shape index (κ2) is 4.13. The fourth-order valence-electron chi connectivity index (χ4n) is 3.29. The van der Waals surface area contributed by atoms with E-state index in [1.807, 2.05) is 0 Å². The van der Waals surface area contributed by atoms with Gasteiger partial charge in [-0.25, -0.2) is 0 Å². The average Bonchev–Trinajstić information content (AvgIpc) is 2.67. The SMILES string of the molecule is Cn1cc(C2CNCCC2(C)C)c2ccccc21. The number of benzene rings is 1. The number of rotatable bonds is 1. The molecule has 2 heteroatoms. The smallest absolute Gasteiger partial charge is 0.0480 e. The van der Waals surface area contributed by atoms with Crippen molar-refractivity contribution in [2.24, 2.45) is 12.5 Å². The van der Waals surface area contributed by atoms with Crippen LogP contribution < -0.4 is 5.32 Å². The lowest BCUT2D eigenvalue weighted by Gasteiger charge is -2.39. The van der Waals surface area contributed by atoms with Crippen molar-refractivity contribution in [1.82, 2.24) is 9.88 Å². The Morgan fingerprint density at radius 2 is 2.06 bits per heavy atom. The molecule has 0 bridgehead atoms. The topological polar surface area (TPSA) is 17.0 Å². The van der Waals surface area contributed by atoms with Crippen LogP contribution >= 0.6 is 0 Å². The molecule has 1 aromatic heterocycles. The molecule has 18 heavy (non-hydrogen) atoms. The molecule has 0 spiro atoms. The lowest BCUT2D eigenvalue weighted by molar-refractivity contribution is 0.215. The van der Waals surface area contributed by atoms with Gasteiger partial charge >= 0.3 is 0 Å². The molecule has 2 aromatic rings. The molecule has 1 aromatic carbocycles. The molecule has 0 aliphatic carbocycles. The summed E-state index contributed by atoms with van der Waals surface area (Å²) in [5, 5.41) is 4.97. The quantitative estimate of drug-likeness (QED) is 0.812. The van der Waals surface area contributed by atoms with Crippen LogP contribution in [0.1, 0.15) is 31.7 Å². The highest BCUT2D eigenvalue weighted by Crippen LogP contribution is 2.42. The zero-order valence-electron chi connectivity index (χ0n) is 11.5. The molecule has 1 unspecified atom stereocenters. The van der Waals surface area contributed by atoms with E-state index in [2.05, 4.69) is 61.2 Å². The molecule has 2 nitrogen and oxygen atoms in total. The first-order valence-electron chi connectivity index (χ1n) is 6.84. The molecule has 1 fully saturated rings. The van der Waals surface area contributed by atoms with Gasteiger partial charge in [0.25, 0.3) is 0 Å². The van der Waals surface area contributed by atoms with E-state index in [0.717, 1.165) is 13.1 Å². The van der Waals surface area contributed by atoms with Gasteiger partial charge in [0.05, 0.1) is 0 Å². The Labute approximate surface area is 109 Å². The Kier molecular flexibility index (Phi) is 2.70. The van der Waals surface area contributed by atoms with E-state index in [1.165, 1.54) is 22.9 Å². The van der Waals surface area contributed by atoms with Crippen molar-refractivity contribution in [2.45, 2.75) is 26.2 Å². The molecular formula is C16H22N2. The fourth-order valence-corrected chi connectivity index (χ4v) is 3.29. The monoisotopic (exact) mass is 242 g/mol. The minimum atomic E-state index is 0.384. The molecule has 0 amide bonds. The summed E-state index contributed by atoms with van der Waals surface area (Å²) in [4.78, 5) is 0. The number of hydrogen-bond donors (Lipinski definition) is 1. The van der Waals surface area contributed by atoms with Crippen LogP contribution in [-0.2, 0) is 7.05 Å². The largest absolute Gasteiger partial charge is 0.350 e. The van der Waals surface area contributed by atoms with Crippen LogP contribution in [0.5, 0.6) is 0 Å². The summed E-state index contributed by atoms with van der Waals surface area (Å²) in [5.74, 6) is 0.609. The lowest BCUT2D eigenvalue weighted by Crippen LogP contribution is -2.40. The maximum absolute atomic E-state index is 3.55. The van der Waals surface area contributed by atoms with Gasteiger partial charge < -0.3 is 9.88 Å². The third kappa shape index (κ3) is 1.76. The van der Waals surface area contributed by atoms with Crippen LogP contribution in [0.3, 0.4) is 0 Å². The zero-order chi connectivity index (χ0) is 12.8. The van der Waals surface area contributed by atoms with Crippen molar-refractivity contribution in [3.8, 4) is 0 Å². The van der Waals surface area contributed by atoms with Gasteiger partial charge in [-0.05, 0) is 30.0 Å². The summed E-state index contributed by atoms with van der Waals surface area (Å²) in [7, 11) is 2.15. The van der Waals surface area contributed by atoms with E-state index in [0.29, 0.717) is 11.3 Å². The van der Waals surface area contributed by atoms with Crippen molar-refractivity contribution in [1.29, 1.82) is 0 Å². The van der Waals surface area contributed by atoms with Crippen LogP contribution in [0.25, 0.3) is 10.9 Å². The van der Waals surface area contributed by atoms with Gasteiger partial charge in [-0.2, -0.15) is 0 Å². The van der Waals surface area contributed by atoms with E-state index in [9.17, 15) is 0 Å². The van der Waals surface area contributed by atoms with E-state index in [1.54, 1.807) is 0 Å². The van der Waals surface area contributed by atoms with Gasteiger partial charge in [-0.15, -0.1) is 0 Å². The lowest BCUT2D eigenvalue weighted by atomic mass is 9.71. The van der Waals surface area contributed by atoms with Crippen molar-refractivity contribution < 1.29 is 0 Å². The van der Waals surface area contributed by atoms with Crippen molar-refractivity contribution in [2.75, 3.05) is 13.1 Å². The molecular weight excluding hydrogens is 220 g/mol. The molecule has 1 N–H and O–H groups in total. The van der Waals surface area contributed by atoms with Crippen LogP contribution in [0.4, 0.5) is 0 Å². The number of nitrogens with one attached hydrogen (secondary N) is 1. The molecule has 2 heterocycles. The molecule has 0 radical (unpaired) electrons. The average molecular weight is 242 g/mol. The van der Waals surface area contributed by atoms with Gasteiger partial charge in [0.2, 0.25) is 0 Å². The number of piperidine rings is 1. The van der Waals surface area contributed by atoms with Gasteiger partial charge in [0, 0.05) is 36.6 Å². The summed E-state index contributed by atoms with van der Waals surface area (Å²) in [6.07, 6.45) is 3.57. The molecule has 96 valence electrons. The Morgan fingerprint density at radius 3 is 2.83 bits per heavy atom. The normalized spacial score (nSPS) is 23.4. The van der Waals surface area contributed by atoms with E-state index in [-0.39, 0.29) is 0 Å². The second-order valence-corrected chi connectivity index (χ2v) is 6.21. The number of aromatic nitrogens is 1. The fraction of sp³-hybridized carbons (Fsp3) is 0.500. The second-order valence-electron chi connectivity index (χ2n) is 6.21. The highest BCUT2D eigenvalue weighted by atomic mass is 14.9. The van der Waals surface area contributed by atoms with Gasteiger partial charge in [0.15, 0.2) is 0 Å². The van der Waals surface area contributed by atoms with Crippen LogP contribution in [0, 0.1) is 5.41 Å². The van der Waals surface area contributed by atoms with E-state index < -0.39 is 0 Å². The number of fused-ring (bicyclic) bond motifs is 1. The first-order chi connectivity index (χ1) is 8.59. The van der Waals surface area contributed by atoms with Crippen molar-refractivity contribution >= 4 is 10.9 Å². The molecule has 3 rings (SSSR count). The first kappa shape index (κ1) is 11.8. The highest BCUT2D eigenvalue weighted by Gasteiger charge is 2.34. The standard InChI is InChI=1S/C16H22N2/c1-16(2)8-9-17-10-14(16)13-11-18(3)15-7-5-4-6-12(13)15/h4-7,11,14,17H,8-10H2,1-3H3. The summed E-state index contributed by atoms with van der Waals surface area (Å²) < 4.78 is 2.26. The summed E-state index contributed by atoms with van der Waals surface area (Å²) in [6, 6.07) is 8.74. The third-order valence-corrected chi connectivity index (χ3v) is 4.54. The van der Waals surface area contributed by atoms with Gasteiger partial charge in [-0.3, -0.25) is 0 Å². The summed E-state index contributed by atoms with van der Waals surface area (Å²) in [6.45, 7) is 7.05. The molecule has 1 atom stereocenters. The van der Waals surface area contributed by atoms with Gasteiger partial charge in [-0.1, -0.05) is 32.0 Å². The van der Waals surface area contributed by atoms with Crippen LogP contribution in [0.2, 0.25) is 0 Å². The Morgan fingerprint density at radius 1 is 1.28 bits per heavy atom. The van der Waals surface area contributed by atoms with Crippen molar-refractivity contribution in [3.63, 3.8) is 0 Å². The Balaban J connectivity index is 2.14. The first-order valence-corrected chi connectivity index (χ1v) is 6.84. The highest BCUT2D eigenvalue weighted by molar-refractivity contribution is 5.84. The Hall–Kier alpha value is -1.28. The maximum atomic E-state index is 3.55. The summed E-state index contributed by atoms with van der Waals surface area (Å²) in [5.41, 5.74) is 3.23. The number of aryl methyl sites for hydroxylation is 1. The minimum Gasteiger partial charge on any atom is -0.350 e. The molecule has 1 aliphatic rings. The minimum absolute atomic E-state index is 0.384. The van der Waals surface area contributed by atoms with Crippen molar-refractivity contribution in [3.05, 3.63) is 36.0 Å². The number of hydrogen-bond acceptors (Lipinski definition) is 1. The van der Waals surface area contributed by atoms with Crippen LogP contribution in [-0.4, -0.2) is 17.7 Å². The van der Waals surface area contributed by atoms with E-state index in [4.69, 9.17) is 0 Å². The summed E-state index contributed by atoms with van der Waals surface area (Å²) >= 11 is 0. The van der Waals surface area contributed by atoms with E-state index >= 15 is 0 Å². The maximum Gasteiger partial charge on any atom is 0.0480 e. The number of nitrogens with zero attached hydrogens (tertiary/aromatic N) is 1. The third-order valence-electron chi connectivity index (χ3n) is 4.54. The zero-order valence-corrected chi connectivity index (χ0v) is 11.5. The predicted molar refractivity (Wildman–Crippen MR) is 76.9 cm³/mol.